The third-order valence-corrected chi connectivity index (χ3v) is 12.6. The van der Waals surface area contributed by atoms with E-state index in [1.165, 1.54) is 0 Å². The summed E-state index contributed by atoms with van der Waals surface area (Å²) >= 11 is 0. The molecule has 54 heavy (non-hydrogen) atoms. The third-order valence-electron chi connectivity index (χ3n) is 12.6. The molecule has 5 heterocycles. The molecule has 5 N–H and O–H groups in total. The van der Waals surface area contributed by atoms with Crippen LogP contribution >= 0.6 is 0 Å². The lowest BCUT2D eigenvalue weighted by molar-refractivity contribution is -0.702. The number of piperidine rings is 1. The summed E-state index contributed by atoms with van der Waals surface area (Å²) in [7, 11) is 0. The quantitative estimate of drug-likeness (QED) is 0.104. The Morgan fingerprint density at radius 1 is 0.963 bits per heavy atom. The van der Waals surface area contributed by atoms with E-state index in [0.717, 1.165) is 80.8 Å². The van der Waals surface area contributed by atoms with Crippen LogP contribution in [0.5, 0.6) is 0 Å². The average molecular weight is 750 g/mol. The van der Waals surface area contributed by atoms with E-state index in [-0.39, 0.29) is 48.2 Å². The zero-order valence-corrected chi connectivity index (χ0v) is 31.7. The molecule has 16 heteroatoms. The summed E-state index contributed by atoms with van der Waals surface area (Å²) in [5, 5.41) is 18.7. The summed E-state index contributed by atoms with van der Waals surface area (Å²) in [5.41, 5.74) is 1.08. The third kappa shape index (κ3) is 8.02. The van der Waals surface area contributed by atoms with Gasteiger partial charge in [0.1, 0.15) is 23.2 Å². The van der Waals surface area contributed by atoms with Crippen molar-refractivity contribution in [2.75, 3.05) is 57.7 Å². The Kier molecular flexibility index (Phi) is 11.9. The SMILES string of the molecule is CCC(CC)C1CC(N[C@H]2CC[C@H](NCC(=O)N3CCN(CCCNc4cccc5c4C(=O)N(C4CCC(=O)NC4=O)C5=O)CC3)C2)N2C(CC[N+]2=O)N1. The van der Waals surface area contributed by atoms with Gasteiger partial charge < -0.3 is 15.5 Å². The second-order valence-corrected chi connectivity index (χ2v) is 15.8. The van der Waals surface area contributed by atoms with Gasteiger partial charge in [-0.15, -0.1) is 5.01 Å². The van der Waals surface area contributed by atoms with E-state index in [9.17, 15) is 28.9 Å². The number of nitrogens with one attached hydrogen (secondary N) is 5. The molecule has 0 radical (unpaired) electrons. The molecule has 5 amide bonds. The summed E-state index contributed by atoms with van der Waals surface area (Å²) in [4.78, 5) is 82.8. The van der Waals surface area contributed by atoms with E-state index in [1.54, 1.807) is 18.2 Å². The fourth-order valence-corrected chi connectivity index (χ4v) is 9.51. The summed E-state index contributed by atoms with van der Waals surface area (Å²) in [6.07, 6.45) is 8.14. The van der Waals surface area contributed by atoms with Gasteiger partial charge in [-0.2, -0.15) is 0 Å². The molecule has 16 nitrogen and oxygen atoms in total. The molecule has 0 bridgehead atoms. The Balaban J connectivity index is 0.806. The van der Waals surface area contributed by atoms with Gasteiger partial charge in [-0.3, -0.25) is 49.7 Å². The molecule has 7 rings (SSSR count). The lowest BCUT2D eigenvalue weighted by atomic mass is 9.89. The second kappa shape index (κ2) is 16.8. The van der Waals surface area contributed by atoms with E-state index in [4.69, 9.17) is 0 Å². The highest BCUT2D eigenvalue weighted by Gasteiger charge is 2.50. The fraction of sp³-hybridized carbons (Fsp3) is 0.711. The maximum absolute atomic E-state index is 13.4. The Morgan fingerprint density at radius 2 is 1.74 bits per heavy atom. The molecular formula is C38H57N10O6+. The molecule has 1 saturated carbocycles. The Morgan fingerprint density at radius 3 is 2.50 bits per heavy atom. The molecule has 5 aliphatic heterocycles. The fourth-order valence-electron chi connectivity index (χ4n) is 9.51. The number of nitrogens with zero attached hydrogens (tertiary/aromatic N) is 5. The van der Waals surface area contributed by atoms with E-state index in [1.807, 2.05) is 9.91 Å². The van der Waals surface area contributed by atoms with Gasteiger partial charge >= 0.3 is 0 Å². The molecule has 1 aromatic rings. The van der Waals surface area contributed by atoms with Crippen molar-refractivity contribution in [3.63, 3.8) is 0 Å². The number of imide groups is 2. The zero-order chi connectivity index (χ0) is 37.9. The van der Waals surface area contributed by atoms with Crippen LogP contribution in [0, 0.1) is 10.8 Å². The number of fused-ring (bicyclic) bond motifs is 2. The number of anilines is 1. The molecule has 294 valence electrons. The van der Waals surface area contributed by atoms with E-state index in [0.29, 0.717) is 56.4 Å². The van der Waals surface area contributed by atoms with Gasteiger partial charge in [0.2, 0.25) is 24.3 Å². The predicted molar refractivity (Wildman–Crippen MR) is 200 cm³/mol. The van der Waals surface area contributed by atoms with Crippen LogP contribution in [0.25, 0.3) is 0 Å². The van der Waals surface area contributed by atoms with Crippen LogP contribution in [-0.4, -0.2) is 143 Å². The average Bonchev–Trinajstić information content (AvgIpc) is 3.85. The number of nitroso groups, excluding NO2 is 1. The van der Waals surface area contributed by atoms with Crippen LogP contribution in [-0.2, 0) is 14.4 Å². The van der Waals surface area contributed by atoms with Gasteiger partial charge in [0.15, 0.2) is 0 Å². The highest BCUT2D eigenvalue weighted by molar-refractivity contribution is 6.25. The molecule has 4 unspecified atom stereocenters. The normalized spacial score (nSPS) is 28.9. The molecule has 1 aliphatic carbocycles. The minimum Gasteiger partial charge on any atom is -0.384 e. The topological polar surface area (TPSA) is 179 Å². The van der Waals surface area contributed by atoms with Crippen LogP contribution in [0.15, 0.2) is 18.2 Å². The van der Waals surface area contributed by atoms with Crippen LogP contribution in [0.2, 0.25) is 0 Å². The molecule has 6 atom stereocenters. The first kappa shape index (κ1) is 38.3. The first-order valence-corrected chi connectivity index (χ1v) is 20.2. The number of carbonyl (C=O) groups excluding carboxylic acids is 5. The van der Waals surface area contributed by atoms with Gasteiger partial charge in [-0.1, -0.05) is 32.8 Å². The van der Waals surface area contributed by atoms with E-state index in [2.05, 4.69) is 45.3 Å². The minimum absolute atomic E-state index is 0.0334. The van der Waals surface area contributed by atoms with Crippen molar-refractivity contribution in [2.45, 2.75) is 115 Å². The number of benzene rings is 1. The first-order chi connectivity index (χ1) is 26.1. The largest absolute Gasteiger partial charge is 0.384 e. The molecule has 0 aromatic heterocycles. The van der Waals surface area contributed by atoms with Crippen LogP contribution in [0.4, 0.5) is 5.69 Å². The van der Waals surface area contributed by atoms with Gasteiger partial charge in [-0.05, 0) is 56.7 Å². The Labute approximate surface area is 317 Å². The van der Waals surface area contributed by atoms with Gasteiger partial charge in [-0.25, -0.2) is 0 Å². The molecule has 4 saturated heterocycles. The molecule has 1 aromatic carbocycles. The number of hydrazine groups is 1. The van der Waals surface area contributed by atoms with Crippen molar-refractivity contribution < 1.29 is 28.8 Å². The number of hydrogen-bond donors (Lipinski definition) is 5. The van der Waals surface area contributed by atoms with Crippen molar-refractivity contribution in [3.05, 3.63) is 34.2 Å². The number of piperazine rings is 1. The van der Waals surface area contributed by atoms with Crippen LogP contribution in [0.1, 0.15) is 98.8 Å². The molecule has 5 fully saturated rings. The van der Waals surface area contributed by atoms with Crippen molar-refractivity contribution in [3.8, 4) is 0 Å². The summed E-state index contributed by atoms with van der Waals surface area (Å²) in [5.74, 6) is -1.33. The number of amides is 5. The second-order valence-electron chi connectivity index (χ2n) is 15.8. The smallest absolute Gasteiger partial charge is 0.264 e. The van der Waals surface area contributed by atoms with E-state index < -0.39 is 29.7 Å². The highest BCUT2D eigenvalue weighted by Crippen LogP contribution is 2.33. The van der Waals surface area contributed by atoms with E-state index >= 15 is 0 Å². The first-order valence-electron chi connectivity index (χ1n) is 20.2. The maximum Gasteiger partial charge on any atom is 0.264 e. The van der Waals surface area contributed by atoms with Gasteiger partial charge in [0, 0.05) is 69.4 Å². The van der Waals surface area contributed by atoms with Gasteiger partial charge in [0.25, 0.3) is 11.8 Å². The molecule has 6 aliphatic rings. The lowest BCUT2D eigenvalue weighted by Crippen LogP contribution is -2.65. The zero-order valence-electron chi connectivity index (χ0n) is 31.7. The molecule has 0 spiro atoms. The summed E-state index contributed by atoms with van der Waals surface area (Å²) in [6.45, 7) is 9.72. The number of rotatable bonds is 14. The van der Waals surface area contributed by atoms with Crippen LogP contribution in [0.3, 0.4) is 0 Å². The van der Waals surface area contributed by atoms with Crippen molar-refractivity contribution in [1.82, 2.24) is 41.0 Å². The maximum atomic E-state index is 13.4. The van der Waals surface area contributed by atoms with Crippen LogP contribution < -0.4 is 26.6 Å². The van der Waals surface area contributed by atoms with Crippen molar-refractivity contribution >= 4 is 35.2 Å². The molecular weight excluding hydrogens is 692 g/mol. The monoisotopic (exact) mass is 749 g/mol. The van der Waals surface area contributed by atoms with Crippen molar-refractivity contribution in [1.29, 1.82) is 0 Å². The summed E-state index contributed by atoms with van der Waals surface area (Å²) in [6, 6.07) is 5.08. The Bertz CT molecular complexity index is 1610. The highest BCUT2D eigenvalue weighted by atomic mass is 16.3. The van der Waals surface area contributed by atoms with Crippen molar-refractivity contribution in [2.24, 2.45) is 5.92 Å². The number of carbonyl (C=O) groups is 5. The van der Waals surface area contributed by atoms with Gasteiger partial charge in [0.05, 0.1) is 29.0 Å². The minimum atomic E-state index is -0.995. The standard InChI is InChI=1S/C38H56N10O6/c1-3-24(4-2)29-22-32(48-31(42-29)13-16-46(48)54)41-26-10-9-25(21-26)40-23-34(50)45-19-17-44(18-20-45)15-6-14-39-28-8-5-7-27-35(28)38(53)47(37(27)52)30-11-12-33(49)43-36(30)51/h5,7-8,24-26,29-32,40-42H,3-4,6,9-23H2,1-2H3,(H-,39,43,49,51,53)/p+1/t25-,26-,29?,30?,31?,32?/m0/s1. The Hall–Kier alpha value is -3.99. The lowest BCUT2D eigenvalue weighted by Gasteiger charge is -2.41. The number of hydrogen-bond acceptors (Lipinski definition) is 11. The predicted octanol–water partition coefficient (Wildman–Crippen LogP) is 0.984. The summed E-state index contributed by atoms with van der Waals surface area (Å²) < 4.78 is 0.